The minimum Gasteiger partial charge on any atom is -0.325 e. The highest BCUT2D eigenvalue weighted by atomic mass is 32.2. The number of anilines is 1. The SMILES string of the molecule is Cc1cccc(C)c1NC(=O)C(C)Sc1nnnn1C1CCCC1. The van der Waals surface area contributed by atoms with E-state index in [4.69, 9.17) is 0 Å². The van der Waals surface area contributed by atoms with E-state index in [9.17, 15) is 4.79 Å². The maximum absolute atomic E-state index is 12.6. The van der Waals surface area contributed by atoms with Crippen LogP contribution in [0.3, 0.4) is 0 Å². The largest absolute Gasteiger partial charge is 0.325 e. The molecule has 1 aliphatic rings. The molecule has 1 N–H and O–H groups in total. The van der Waals surface area contributed by atoms with Gasteiger partial charge in [-0.1, -0.05) is 42.8 Å². The minimum atomic E-state index is -0.268. The van der Waals surface area contributed by atoms with Gasteiger partial charge in [0.15, 0.2) is 0 Å². The molecule has 1 atom stereocenters. The summed E-state index contributed by atoms with van der Waals surface area (Å²) in [6, 6.07) is 6.37. The predicted octanol–water partition coefficient (Wildman–Crippen LogP) is 3.52. The Morgan fingerprint density at radius 1 is 1.29 bits per heavy atom. The second kappa shape index (κ2) is 7.34. The summed E-state index contributed by atoms with van der Waals surface area (Å²) in [5, 5.41) is 15.5. The van der Waals surface area contributed by atoms with Gasteiger partial charge in [-0.25, -0.2) is 4.68 Å². The second-order valence-electron chi connectivity index (χ2n) is 6.36. The zero-order chi connectivity index (χ0) is 17.1. The van der Waals surface area contributed by atoms with Crippen molar-refractivity contribution in [3.8, 4) is 0 Å². The molecule has 7 heteroatoms. The van der Waals surface area contributed by atoms with Crippen molar-refractivity contribution >= 4 is 23.4 Å². The van der Waals surface area contributed by atoms with Crippen LogP contribution in [0, 0.1) is 13.8 Å². The first-order valence-electron chi connectivity index (χ1n) is 8.38. The first kappa shape index (κ1) is 17.0. The van der Waals surface area contributed by atoms with E-state index in [-0.39, 0.29) is 11.2 Å². The molecule has 2 aromatic rings. The molecule has 0 spiro atoms. The number of hydrogen-bond donors (Lipinski definition) is 1. The molecule has 0 bridgehead atoms. The van der Waals surface area contributed by atoms with Gasteiger partial charge in [0.2, 0.25) is 11.1 Å². The number of hydrogen-bond acceptors (Lipinski definition) is 5. The van der Waals surface area contributed by atoms with Gasteiger partial charge in [-0.05, 0) is 55.2 Å². The molecular weight excluding hydrogens is 322 g/mol. The van der Waals surface area contributed by atoms with Crippen LogP contribution in [-0.4, -0.2) is 31.4 Å². The van der Waals surface area contributed by atoms with Crippen molar-refractivity contribution in [3.63, 3.8) is 0 Å². The van der Waals surface area contributed by atoms with Crippen molar-refractivity contribution in [1.82, 2.24) is 20.2 Å². The third kappa shape index (κ3) is 3.61. The van der Waals surface area contributed by atoms with E-state index in [1.54, 1.807) is 0 Å². The molecule has 24 heavy (non-hydrogen) atoms. The number of para-hydroxylation sites is 1. The number of nitrogens with one attached hydrogen (secondary N) is 1. The van der Waals surface area contributed by atoms with Gasteiger partial charge in [0.1, 0.15) is 0 Å². The van der Waals surface area contributed by atoms with Crippen LogP contribution in [0.1, 0.15) is 49.8 Å². The molecule has 0 saturated heterocycles. The Bertz CT molecular complexity index is 703. The molecule has 1 unspecified atom stereocenters. The number of nitrogens with zero attached hydrogens (tertiary/aromatic N) is 4. The molecule has 1 aromatic heterocycles. The van der Waals surface area contributed by atoms with E-state index in [0.29, 0.717) is 6.04 Å². The Hall–Kier alpha value is -1.89. The summed E-state index contributed by atoms with van der Waals surface area (Å²) >= 11 is 1.42. The van der Waals surface area contributed by atoms with Crippen molar-refractivity contribution in [1.29, 1.82) is 0 Å². The molecule has 3 rings (SSSR count). The van der Waals surface area contributed by atoms with Gasteiger partial charge in [-0.3, -0.25) is 4.79 Å². The average molecular weight is 345 g/mol. The second-order valence-corrected chi connectivity index (χ2v) is 7.67. The molecule has 1 aromatic carbocycles. The van der Waals surface area contributed by atoms with Gasteiger partial charge in [-0.15, -0.1) is 5.10 Å². The standard InChI is InChI=1S/C17H23N5OS/c1-11-7-6-8-12(2)15(11)18-16(23)13(3)24-17-19-20-21-22(17)14-9-4-5-10-14/h6-8,13-14H,4-5,9-10H2,1-3H3,(H,18,23). The molecule has 0 aliphatic heterocycles. The Labute approximate surface area is 146 Å². The van der Waals surface area contributed by atoms with Crippen molar-refractivity contribution in [2.45, 2.75) is 62.9 Å². The van der Waals surface area contributed by atoms with Gasteiger partial charge < -0.3 is 5.32 Å². The molecule has 1 amide bonds. The van der Waals surface area contributed by atoms with Gasteiger partial charge in [0, 0.05) is 5.69 Å². The van der Waals surface area contributed by atoms with Crippen molar-refractivity contribution in [3.05, 3.63) is 29.3 Å². The number of aromatic nitrogens is 4. The van der Waals surface area contributed by atoms with Crippen LogP contribution in [0.15, 0.2) is 23.4 Å². The van der Waals surface area contributed by atoms with Crippen LogP contribution in [0.25, 0.3) is 0 Å². The number of thioether (sulfide) groups is 1. The number of benzene rings is 1. The summed E-state index contributed by atoms with van der Waals surface area (Å²) in [4.78, 5) is 12.6. The van der Waals surface area contributed by atoms with E-state index in [1.807, 2.05) is 43.7 Å². The molecule has 6 nitrogen and oxygen atoms in total. The van der Waals surface area contributed by atoms with Crippen LogP contribution in [0.5, 0.6) is 0 Å². The normalized spacial score (nSPS) is 16.3. The van der Waals surface area contributed by atoms with Crippen molar-refractivity contribution in [2.75, 3.05) is 5.32 Å². The predicted molar refractivity (Wildman–Crippen MR) is 95.2 cm³/mol. The van der Waals surface area contributed by atoms with E-state index in [0.717, 1.165) is 34.8 Å². The van der Waals surface area contributed by atoms with Crippen molar-refractivity contribution < 1.29 is 4.79 Å². The molecule has 1 fully saturated rings. The summed E-state index contributed by atoms with van der Waals surface area (Å²) < 4.78 is 1.89. The summed E-state index contributed by atoms with van der Waals surface area (Å²) in [7, 11) is 0. The van der Waals surface area contributed by atoms with Crippen LogP contribution in [0.4, 0.5) is 5.69 Å². The number of carbonyl (C=O) groups excluding carboxylic acids is 1. The zero-order valence-electron chi connectivity index (χ0n) is 14.3. The molecule has 1 aliphatic carbocycles. The lowest BCUT2D eigenvalue weighted by molar-refractivity contribution is -0.115. The van der Waals surface area contributed by atoms with Crippen LogP contribution < -0.4 is 5.32 Å². The summed E-state index contributed by atoms with van der Waals surface area (Å²) in [5.41, 5.74) is 3.03. The Balaban J connectivity index is 1.68. The summed E-state index contributed by atoms with van der Waals surface area (Å²) in [6.07, 6.45) is 4.66. The number of amides is 1. The van der Waals surface area contributed by atoms with Gasteiger partial charge >= 0.3 is 0 Å². The van der Waals surface area contributed by atoms with Crippen LogP contribution in [0.2, 0.25) is 0 Å². The highest BCUT2D eigenvalue weighted by Crippen LogP contribution is 2.32. The van der Waals surface area contributed by atoms with Crippen LogP contribution >= 0.6 is 11.8 Å². The lowest BCUT2D eigenvalue weighted by Crippen LogP contribution is -2.24. The Morgan fingerprint density at radius 2 is 1.96 bits per heavy atom. The molecular formula is C17H23N5OS. The van der Waals surface area contributed by atoms with Crippen LogP contribution in [-0.2, 0) is 4.79 Å². The highest BCUT2D eigenvalue weighted by molar-refractivity contribution is 8.00. The first-order valence-corrected chi connectivity index (χ1v) is 9.26. The topological polar surface area (TPSA) is 72.7 Å². The fourth-order valence-electron chi connectivity index (χ4n) is 3.09. The average Bonchev–Trinajstić information content (AvgIpc) is 3.21. The maximum atomic E-state index is 12.6. The van der Waals surface area contributed by atoms with Crippen molar-refractivity contribution in [2.24, 2.45) is 0 Å². The Morgan fingerprint density at radius 3 is 2.62 bits per heavy atom. The number of rotatable bonds is 5. The number of tetrazole rings is 1. The summed E-state index contributed by atoms with van der Waals surface area (Å²) in [6.45, 7) is 5.89. The monoisotopic (exact) mass is 345 g/mol. The van der Waals surface area contributed by atoms with E-state index in [2.05, 4.69) is 20.8 Å². The van der Waals surface area contributed by atoms with Gasteiger partial charge in [-0.2, -0.15) is 0 Å². The Kier molecular flexibility index (Phi) is 5.18. The fourth-order valence-corrected chi connectivity index (χ4v) is 3.95. The van der Waals surface area contributed by atoms with Gasteiger partial charge in [0.25, 0.3) is 0 Å². The quantitative estimate of drug-likeness (QED) is 0.839. The third-order valence-corrected chi connectivity index (χ3v) is 5.56. The lowest BCUT2D eigenvalue weighted by atomic mass is 10.1. The highest BCUT2D eigenvalue weighted by Gasteiger charge is 2.25. The number of carbonyl (C=O) groups is 1. The van der Waals surface area contributed by atoms with E-state index in [1.165, 1.54) is 24.6 Å². The van der Waals surface area contributed by atoms with Gasteiger partial charge in [0.05, 0.1) is 11.3 Å². The summed E-state index contributed by atoms with van der Waals surface area (Å²) in [5.74, 6) is -0.0293. The third-order valence-electron chi connectivity index (χ3n) is 4.51. The maximum Gasteiger partial charge on any atom is 0.237 e. The first-order chi connectivity index (χ1) is 11.6. The fraction of sp³-hybridized carbons (Fsp3) is 0.529. The lowest BCUT2D eigenvalue weighted by Gasteiger charge is -2.16. The van der Waals surface area contributed by atoms with E-state index >= 15 is 0 Å². The zero-order valence-corrected chi connectivity index (χ0v) is 15.1. The molecule has 1 saturated carbocycles. The minimum absolute atomic E-state index is 0.0293. The number of aryl methyl sites for hydroxylation is 2. The molecule has 128 valence electrons. The molecule has 1 heterocycles. The van der Waals surface area contributed by atoms with E-state index < -0.39 is 0 Å². The molecule has 0 radical (unpaired) electrons. The smallest absolute Gasteiger partial charge is 0.237 e.